The van der Waals surface area contributed by atoms with Crippen LogP contribution >= 0.6 is 0 Å². The molecular formula is C9H11N5O4. The molecule has 96 valence electrons. The molecule has 0 heterocycles. The van der Waals surface area contributed by atoms with Crippen molar-refractivity contribution >= 4 is 18.1 Å². The van der Waals surface area contributed by atoms with E-state index in [1.165, 1.54) is 0 Å². The smallest absolute Gasteiger partial charge is 0.437 e. The third-order valence-corrected chi connectivity index (χ3v) is 1.32. The molecule has 0 aliphatic carbocycles. The Hall–Kier alpha value is -2.81. The van der Waals surface area contributed by atoms with E-state index in [9.17, 15) is 9.59 Å². The number of nitrogens with two attached hydrogens (primary N) is 1. The van der Waals surface area contributed by atoms with Crippen molar-refractivity contribution in [3.8, 4) is 6.07 Å². The molecule has 0 aromatic rings. The fourth-order valence-electron chi connectivity index (χ4n) is 0.667. The van der Waals surface area contributed by atoms with Gasteiger partial charge in [-0.3, -0.25) is 5.32 Å². The summed E-state index contributed by atoms with van der Waals surface area (Å²) in [4.78, 5) is 28.0. The maximum Gasteiger partial charge on any atom is 0.437 e. The Kier molecular flexibility index (Phi) is 7.95. The van der Waals surface area contributed by atoms with E-state index in [-0.39, 0.29) is 26.2 Å². The number of carbonyl (C=O) groups is 2. The summed E-state index contributed by atoms with van der Waals surface area (Å²) >= 11 is 0. The van der Waals surface area contributed by atoms with Gasteiger partial charge in [0.25, 0.3) is 0 Å². The van der Waals surface area contributed by atoms with Gasteiger partial charge < -0.3 is 20.1 Å². The highest BCUT2D eigenvalue weighted by atomic mass is 16.6. The van der Waals surface area contributed by atoms with E-state index in [0.717, 1.165) is 0 Å². The number of nitrogens with zero attached hydrogens (tertiary/aromatic N) is 3. The second-order valence-corrected chi connectivity index (χ2v) is 2.66. The molecule has 3 N–H and O–H groups in total. The first-order valence-corrected chi connectivity index (χ1v) is 4.75. The van der Waals surface area contributed by atoms with Crippen molar-refractivity contribution in [2.45, 2.75) is 6.42 Å². The van der Waals surface area contributed by atoms with Crippen LogP contribution in [0.1, 0.15) is 6.42 Å². The number of alkyl carbamates (subject to hydrolysis) is 1. The summed E-state index contributed by atoms with van der Waals surface area (Å²) in [6, 6.07) is 1.77. The Morgan fingerprint density at radius 2 is 2.17 bits per heavy atom. The van der Waals surface area contributed by atoms with Gasteiger partial charge in [-0.2, -0.15) is 5.26 Å². The Morgan fingerprint density at radius 1 is 1.44 bits per heavy atom. The zero-order valence-electron chi connectivity index (χ0n) is 9.38. The molecule has 0 aromatic heterocycles. The summed E-state index contributed by atoms with van der Waals surface area (Å²) in [5.74, 6) is -0.496. The topological polar surface area (TPSA) is 131 Å². The third-order valence-electron chi connectivity index (χ3n) is 1.32. The SMILES string of the molecule is [C-]#[N+]CCOC(=O)/N=C(\N)NC(=O)OCCC#N. The number of aliphatic imine (C=N–C) groups is 1. The lowest BCUT2D eigenvalue weighted by molar-refractivity contribution is 0.154. The first-order valence-electron chi connectivity index (χ1n) is 4.75. The van der Waals surface area contributed by atoms with Gasteiger partial charge in [-0.05, 0) is 0 Å². The Labute approximate surface area is 103 Å². The second kappa shape index (κ2) is 9.42. The number of guanidine groups is 1. The van der Waals surface area contributed by atoms with Gasteiger partial charge in [-0.1, -0.05) is 0 Å². The van der Waals surface area contributed by atoms with Gasteiger partial charge in [-0.15, -0.1) is 4.99 Å². The van der Waals surface area contributed by atoms with Crippen LogP contribution in [0.2, 0.25) is 0 Å². The first kappa shape index (κ1) is 15.2. The van der Waals surface area contributed by atoms with Crippen LogP contribution in [0.15, 0.2) is 4.99 Å². The van der Waals surface area contributed by atoms with Crippen molar-refractivity contribution < 1.29 is 19.1 Å². The number of carbonyl (C=O) groups excluding carboxylic acids is 2. The molecule has 0 fully saturated rings. The number of rotatable bonds is 4. The Bertz CT molecular complexity index is 406. The zero-order chi connectivity index (χ0) is 13.8. The summed E-state index contributed by atoms with van der Waals surface area (Å²) in [6.45, 7) is 6.26. The number of ether oxygens (including phenoxy) is 2. The molecule has 0 aliphatic rings. The maximum atomic E-state index is 11.0. The van der Waals surface area contributed by atoms with Gasteiger partial charge in [0, 0.05) is 0 Å². The number of nitrogens with one attached hydrogen (secondary N) is 1. The van der Waals surface area contributed by atoms with Crippen LogP contribution < -0.4 is 11.1 Å². The molecule has 0 bridgehead atoms. The molecule has 0 rings (SSSR count). The minimum Gasteiger partial charge on any atom is -0.448 e. The van der Waals surface area contributed by atoms with Crippen LogP contribution in [0, 0.1) is 17.9 Å². The highest BCUT2D eigenvalue weighted by molar-refractivity contribution is 5.97. The molecule has 0 saturated heterocycles. The van der Waals surface area contributed by atoms with Crippen molar-refractivity contribution in [2.75, 3.05) is 19.8 Å². The molecule has 0 radical (unpaired) electrons. The molecule has 9 heteroatoms. The number of amides is 2. The summed E-state index contributed by atoms with van der Waals surface area (Å²) < 4.78 is 8.99. The number of nitriles is 1. The monoisotopic (exact) mass is 253 g/mol. The minimum atomic E-state index is -1.02. The lowest BCUT2D eigenvalue weighted by atomic mass is 10.5. The van der Waals surface area contributed by atoms with E-state index in [1.807, 2.05) is 5.32 Å². The zero-order valence-corrected chi connectivity index (χ0v) is 9.38. The highest BCUT2D eigenvalue weighted by Crippen LogP contribution is 1.85. The standard InChI is InChI=1S/C9H11N5O4/c1-12-4-6-18-9(16)14-7(11)13-8(15)17-5-2-3-10/h2,4-6H2,(H3,11,13,14,15,16). The molecule has 0 unspecified atom stereocenters. The van der Waals surface area contributed by atoms with E-state index in [0.29, 0.717) is 0 Å². The fourth-order valence-corrected chi connectivity index (χ4v) is 0.667. The van der Waals surface area contributed by atoms with Crippen LogP contribution in [0.3, 0.4) is 0 Å². The number of hydrogen-bond acceptors (Lipinski definition) is 5. The van der Waals surface area contributed by atoms with Crippen LogP contribution in [0.5, 0.6) is 0 Å². The Balaban J connectivity index is 3.96. The van der Waals surface area contributed by atoms with Gasteiger partial charge in [0.2, 0.25) is 12.5 Å². The van der Waals surface area contributed by atoms with E-state index >= 15 is 0 Å². The highest BCUT2D eigenvalue weighted by Gasteiger charge is 2.07. The van der Waals surface area contributed by atoms with Gasteiger partial charge >= 0.3 is 12.2 Å². The molecule has 2 amide bonds. The summed E-state index contributed by atoms with van der Waals surface area (Å²) in [5.41, 5.74) is 5.20. The predicted molar refractivity (Wildman–Crippen MR) is 59.2 cm³/mol. The summed E-state index contributed by atoms with van der Waals surface area (Å²) in [5, 5.41) is 10.1. The van der Waals surface area contributed by atoms with Crippen molar-refractivity contribution in [3.63, 3.8) is 0 Å². The average molecular weight is 253 g/mol. The average Bonchev–Trinajstić information content (AvgIpc) is 2.29. The maximum absolute atomic E-state index is 11.0. The molecule has 0 aliphatic heterocycles. The lowest BCUT2D eigenvalue weighted by Gasteiger charge is -2.03. The van der Waals surface area contributed by atoms with Crippen LogP contribution in [0.4, 0.5) is 9.59 Å². The van der Waals surface area contributed by atoms with Crippen LogP contribution in [-0.4, -0.2) is 37.9 Å². The van der Waals surface area contributed by atoms with E-state index in [2.05, 4.69) is 19.3 Å². The lowest BCUT2D eigenvalue weighted by Crippen LogP contribution is -2.38. The molecular weight excluding hydrogens is 242 g/mol. The molecule has 0 atom stereocenters. The predicted octanol–water partition coefficient (Wildman–Crippen LogP) is -0.00313. The van der Waals surface area contributed by atoms with Crippen molar-refractivity contribution in [1.82, 2.24) is 5.32 Å². The fraction of sp³-hybridized carbons (Fsp3) is 0.444. The number of hydrogen-bond donors (Lipinski definition) is 2. The van der Waals surface area contributed by atoms with Gasteiger partial charge in [0.1, 0.15) is 6.61 Å². The third kappa shape index (κ3) is 8.49. The molecule has 18 heavy (non-hydrogen) atoms. The van der Waals surface area contributed by atoms with Crippen molar-refractivity contribution in [1.29, 1.82) is 5.26 Å². The van der Waals surface area contributed by atoms with Gasteiger partial charge in [0.05, 0.1) is 12.5 Å². The molecule has 0 aromatic carbocycles. The van der Waals surface area contributed by atoms with E-state index in [4.69, 9.17) is 17.6 Å². The van der Waals surface area contributed by atoms with Gasteiger partial charge in [-0.25, -0.2) is 16.2 Å². The first-order chi connectivity index (χ1) is 8.60. The van der Waals surface area contributed by atoms with Crippen molar-refractivity contribution in [2.24, 2.45) is 10.7 Å². The minimum absolute atomic E-state index is 0.0186. The van der Waals surface area contributed by atoms with Crippen molar-refractivity contribution in [3.05, 3.63) is 11.4 Å². The second-order valence-electron chi connectivity index (χ2n) is 2.66. The normalized spacial score (nSPS) is 9.78. The quantitative estimate of drug-likeness (QED) is 0.313. The largest absolute Gasteiger partial charge is 0.448 e. The van der Waals surface area contributed by atoms with Crippen LogP contribution in [0.25, 0.3) is 4.85 Å². The molecule has 0 saturated carbocycles. The Morgan fingerprint density at radius 3 is 2.78 bits per heavy atom. The van der Waals surface area contributed by atoms with Crippen LogP contribution in [-0.2, 0) is 9.47 Å². The molecule has 0 spiro atoms. The van der Waals surface area contributed by atoms with E-state index in [1.54, 1.807) is 6.07 Å². The summed E-state index contributed by atoms with van der Waals surface area (Å²) in [6.07, 6.45) is -1.91. The van der Waals surface area contributed by atoms with Gasteiger partial charge in [0.15, 0.2) is 6.61 Å². The molecule has 9 nitrogen and oxygen atoms in total. The van der Waals surface area contributed by atoms with E-state index < -0.39 is 18.1 Å². The summed E-state index contributed by atoms with van der Waals surface area (Å²) in [7, 11) is 0.